The molecule has 2 N–H and O–H groups in total. The van der Waals surface area contributed by atoms with Crippen LogP contribution in [-0.2, 0) is 4.79 Å². The van der Waals surface area contributed by atoms with E-state index in [1.807, 2.05) is 60.7 Å². The summed E-state index contributed by atoms with van der Waals surface area (Å²) in [6.07, 6.45) is 0.536. The molecule has 0 aromatic heterocycles. The van der Waals surface area contributed by atoms with Crippen molar-refractivity contribution in [1.82, 2.24) is 0 Å². The zero-order valence-corrected chi connectivity index (χ0v) is 10.9. The molecule has 0 aliphatic carbocycles. The Balaban J connectivity index is 1.98. The number of benzene rings is 2. The van der Waals surface area contributed by atoms with Gasteiger partial charge in [0.15, 0.2) is 0 Å². The minimum atomic E-state index is -0.424. The Bertz CT molecular complexity index is 637. The van der Waals surface area contributed by atoms with Gasteiger partial charge in [0.2, 0.25) is 5.91 Å². The minimum absolute atomic E-state index is 0.358. The Labute approximate surface area is 117 Å². The van der Waals surface area contributed by atoms with Crippen LogP contribution in [0.3, 0.4) is 0 Å². The first-order chi connectivity index (χ1) is 9.75. The average Bonchev–Trinajstić information content (AvgIpc) is 2.94. The Morgan fingerprint density at radius 2 is 1.65 bits per heavy atom. The van der Waals surface area contributed by atoms with Gasteiger partial charge in [0.25, 0.3) is 0 Å². The third-order valence-electron chi connectivity index (χ3n) is 3.37. The Morgan fingerprint density at radius 3 is 2.25 bits per heavy atom. The zero-order chi connectivity index (χ0) is 13.9. The summed E-state index contributed by atoms with van der Waals surface area (Å²) in [7, 11) is 0. The molecule has 1 unspecified atom stereocenters. The molecular weight excluding hydrogens is 250 g/mol. The van der Waals surface area contributed by atoms with Crippen LogP contribution < -0.4 is 10.7 Å². The summed E-state index contributed by atoms with van der Waals surface area (Å²) >= 11 is 0. The molecule has 4 nitrogen and oxygen atoms in total. The monoisotopic (exact) mass is 265 g/mol. The number of para-hydroxylation sites is 1. The molecule has 4 heteroatoms. The van der Waals surface area contributed by atoms with Gasteiger partial charge in [-0.05, 0) is 17.7 Å². The molecule has 3 rings (SSSR count). The first-order valence-corrected chi connectivity index (χ1v) is 6.52. The van der Waals surface area contributed by atoms with Gasteiger partial charge in [0, 0.05) is 6.42 Å². The van der Waals surface area contributed by atoms with Crippen molar-refractivity contribution in [3.63, 3.8) is 0 Å². The molecule has 1 amide bonds. The van der Waals surface area contributed by atoms with Crippen molar-refractivity contribution < 1.29 is 4.79 Å². The summed E-state index contributed by atoms with van der Waals surface area (Å²) in [5.41, 5.74) is 8.30. The molecule has 2 aromatic carbocycles. The molecule has 0 bridgehead atoms. The maximum absolute atomic E-state index is 11.7. The summed E-state index contributed by atoms with van der Waals surface area (Å²) < 4.78 is 0. The lowest BCUT2D eigenvalue weighted by Gasteiger charge is -2.20. The van der Waals surface area contributed by atoms with Gasteiger partial charge in [-0.1, -0.05) is 48.5 Å². The van der Waals surface area contributed by atoms with Crippen LogP contribution in [0, 0.1) is 0 Å². The minimum Gasteiger partial charge on any atom is -0.368 e. The average molecular weight is 265 g/mol. The molecule has 1 atom stereocenters. The van der Waals surface area contributed by atoms with Gasteiger partial charge in [-0.25, -0.2) is 0 Å². The van der Waals surface area contributed by atoms with Crippen LogP contribution >= 0.6 is 0 Å². The number of nitrogens with zero attached hydrogens (tertiary/aromatic N) is 2. The van der Waals surface area contributed by atoms with Gasteiger partial charge in [0.1, 0.15) is 6.04 Å². The van der Waals surface area contributed by atoms with E-state index in [9.17, 15) is 4.79 Å². The molecule has 2 aromatic rings. The van der Waals surface area contributed by atoms with Crippen molar-refractivity contribution in [1.29, 1.82) is 0 Å². The number of carbonyl (C=O) groups is 1. The second-order valence-corrected chi connectivity index (χ2v) is 4.72. The van der Waals surface area contributed by atoms with Crippen LogP contribution in [0.5, 0.6) is 0 Å². The summed E-state index contributed by atoms with van der Waals surface area (Å²) in [6, 6.07) is 19.1. The van der Waals surface area contributed by atoms with Gasteiger partial charge in [0.05, 0.1) is 11.4 Å². The van der Waals surface area contributed by atoms with Crippen LogP contribution in [0.15, 0.2) is 65.8 Å². The van der Waals surface area contributed by atoms with Crippen molar-refractivity contribution >= 4 is 17.3 Å². The van der Waals surface area contributed by atoms with E-state index in [-0.39, 0.29) is 5.91 Å². The maximum atomic E-state index is 11.7. The highest BCUT2D eigenvalue weighted by atomic mass is 16.1. The quantitative estimate of drug-likeness (QED) is 0.924. The van der Waals surface area contributed by atoms with E-state index in [1.54, 1.807) is 5.01 Å². The molecular formula is C16H15N3O. The molecule has 0 saturated carbocycles. The van der Waals surface area contributed by atoms with Crippen LogP contribution in [0.1, 0.15) is 12.0 Å². The number of nitrogens with two attached hydrogens (primary N) is 1. The molecule has 1 aliphatic rings. The lowest BCUT2D eigenvalue weighted by Crippen LogP contribution is -2.39. The number of primary amides is 1. The highest BCUT2D eigenvalue weighted by Gasteiger charge is 2.32. The van der Waals surface area contributed by atoms with Crippen molar-refractivity contribution in [3.05, 3.63) is 66.2 Å². The fourth-order valence-corrected chi connectivity index (χ4v) is 2.36. The summed E-state index contributed by atoms with van der Waals surface area (Å²) in [6.45, 7) is 0. The van der Waals surface area contributed by atoms with Gasteiger partial charge < -0.3 is 5.73 Å². The molecule has 20 heavy (non-hydrogen) atoms. The third kappa shape index (κ3) is 2.28. The molecule has 0 spiro atoms. The maximum Gasteiger partial charge on any atom is 0.242 e. The Kier molecular flexibility index (Phi) is 3.21. The molecule has 100 valence electrons. The lowest BCUT2D eigenvalue weighted by atomic mass is 10.0. The second kappa shape index (κ2) is 5.17. The number of hydrogen-bond donors (Lipinski definition) is 1. The Hall–Kier alpha value is -2.62. The van der Waals surface area contributed by atoms with Gasteiger partial charge in [-0.3, -0.25) is 9.80 Å². The van der Waals surface area contributed by atoms with E-state index in [1.165, 1.54) is 0 Å². The summed E-state index contributed by atoms with van der Waals surface area (Å²) in [5.74, 6) is -0.358. The lowest BCUT2D eigenvalue weighted by molar-refractivity contribution is -0.119. The number of carbonyl (C=O) groups excluding carboxylic acids is 1. The van der Waals surface area contributed by atoms with Gasteiger partial charge in [-0.15, -0.1) is 0 Å². The predicted octanol–water partition coefficient (Wildman–Crippen LogP) is 2.15. The first kappa shape index (κ1) is 12.4. The van der Waals surface area contributed by atoms with Gasteiger partial charge in [-0.2, -0.15) is 5.10 Å². The van der Waals surface area contributed by atoms with Crippen molar-refractivity contribution in [2.45, 2.75) is 12.5 Å². The molecule has 1 heterocycles. The van der Waals surface area contributed by atoms with E-state index in [0.717, 1.165) is 17.0 Å². The van der Waals surface area contributed by atoms with Gasteiger partial charge >= 0.3 is 0 Å². The van der Waals surface area contributed by atoms with Crippen LogP contribution in [0.4, 0.5) is 5.69 Å². The van der Waals surface area contributed by atoms with E-state index in [4.69, 9.17) is 5.73 Å². The normalized spacial score (nSPS) is 17.9. The SMILES string of the molecule is NC(=O)C1CC(c2ccccc2)=NN1c1ccccc1. The van der Waals surface area contributed by atoms with E-state index >= 15 is 0 Å². The summed E-state index contributed by atoms with van der Waals surface area (Å²) in [5, 5.41) is 6.29. The number of hydrogen-bond acceptors (Lipinski definition) is 3. The highest BCUT2D eigenvalue weighted by molar-refractivity contribution is 6.06. The van der Waals surface area contributed by atoms with Crippen molar-refractivity contribution in [3.8, 4) is 0 Å². The van der Waals surface area contributed by atoms with Crippen molar-refractivity contribution in [2.75, 3.05) is 5.01 Å². The van der Waals surface area contributed by atoms with E-state index in [0.29, 0.717) is 6.42 Å². The fraction of sp³-hybridized carbons (Fsp3) is 0.125. The zero-order valence-electron chi connectivity index (χ0n) is 10.9. The molecule has 0 radical (unpaired) electrons. The Morgan fingerprint density at radius 1 is 1.05 bits per heavy atom. The largest absolute Gasteiger partial charge is 0.368 e. The second-order valence-electron chi connectivity index (χ2n) is 4.72. The van der Waals surface area contributed by atoms with Crippen LogP contribution in [0.2, 0.25) is 0 Å². The molecule has 1 aliphatic heterocycles. The van der Waals surface area contributed by atoms with Crippen LogP contribution in [0.25, 0.3) is 0 Å². The first-order valence-electron chi connectivity index (χ1n) is 6.52. The number of hydrazone groups is 1. The molecule has 0 saturated heterocycles. The fourth-order valence-electron chi connectivity index (χ4n) is 2.36. The molecule has 0 fully saturated rings. The highest BCUT2D eigenvalue weighted by Crippen LogP contribution is 2.26. The predicted molar refractivity (Wildman–Crippen MR) is 79.5 cm³/mol. The number of anilines is 1. The standard InChI is InChI=1S/C16H15N3O/c17-16(20)15-11-14(12-7-3-1-4-8-12)18-19(15)13-9-5-2-6-10-13/h1-10,15H,11H2,(H2,17,20). The van der Waals surface area contributed by atoms with Crippen molar-refractivity contribution in [2.24, 2.45) is 10.8 Å². The van der Waals surface area contributed by atoms with Crippen LogP contribution in [-0.4, -0.2) is 17.7 Å². The smallest absolute Gasteiger partial charge is 0.242 e. The number of amides is 1. The number of rotatable bonds is 3. The third-order valence-corrected chi connectivity index (χ3v) is 3.37. The topological polar surface area (TPSA) is 58.7 Å². The van der Waals surface area contributed by atoms with E-state index < -0.39 is 6.04 Å². The summed E-state index contributed by atoms with van der Waals surface area (Å²) in [4.78, 5) is 11.7. The van der Waals surface area contributed by atoms with E-state index in [2.05, 4.69) is 5.10 Å².